The maximum atomic E-state index is 12.9. The lowest BCUT2D eigenvalue weighted by molar-refractivity contribution is -0.130. The number of nitrogens with zero attached hydrogens (tertiary/aromatic N) is 1. The number of anilines is 1. The van der Waals surface area contributed by atoms with Crippen molar-refractivity contribution in [2.45, 2.75) is 105 Å². The van der Waals surface area contributed by atoms with E-state index in [1.807, 2.05) is 39.0 Å². The van der Waals surface area contributed by atoms with Gasteiger partial charge in [0.25, 0.3) is 15.9 Å². The number of benzene rings is 2. The van der Waals surface area contributed by atoms with Gasteiger partial charge in [-0.15, -0.1) is 11.3 Å². The van der Waals surface area contributed by atoms with E-state index in [-0.39, 0.29) is 70.4 Å². The Bertz CT molecular complexity index is 2440. The first-order chi connectivity index (χ1) is 32.0. The summed E-state index contributed by atoms with van der Waals surface area (Å²) in [5.74, 6) is 1.46. The number of ketones is 1. The van der Waals surface area contributed by atoms with Gasteiger partial charge in [0.15, 0.2) is 28.8 Å². The minimum atomic E-state index is -4.09. The number of amides is 2. The van der Waals surface area contributed by atoms with Crippen LogP contribution in [0.25, 0.3) is 0 Å². The molecule has 4 aromatic rings. The highest BCUT2D eigenvalue weighted by Gasteiger charge is 2.33. The Morgan fingerprint density at radius 2 is 1.68 bits per heavy atom. The van der Waals surface area contributed by atoms with Gasteiger partial charge >= 0.3 is 0 Å². The molecule has 17 nitrogen and oxygen atoms in total. The summed E-state index contributed by atoms with van der Waals surface area (Å²) in [7, 11) is -0.801. The van der Waals surface area contributed by atoms with Gasteiger partial charge in [0.1, 0.15) is 15.6 Å². The van der Waals surface area contributed by atoms with E-state index in [2.05, 4.69) is 29.0 Å². The number of methoxy groups -OCH3 is 2. The van der Waals surface area contributed by atoms with Crippen molar-refractivity contribution in [2.75, 3.05) is 45.5 Å². The summed E-state index contributed by atoms with van der Waals surface area (Å²) in [5, 5.41) is 19.1. The maximum Gasteiger partial charge on any atom is 0.265 e. The molecule has 1 aliphatic heterocycles. The van der Waals surface area contributed by atoms with Crippen LogP contribution in [0, 0.1) is 42.9 Å². The highest BCUT2D eigenvalue weighted by Crippen LogP contribution is 2.37. The van der Waals surface area contributed by atoms with Crippen LogP contribution in [0.5, 0.6) is 23.0 Å². The fraction of sp³-hybridized carbons (Fsp3) is 0.542. The maximum absolute atomic E-state index is 12.9. The van der Waals surface area contributed by atoms with Crippen molar-refractivity contribution >= 4 is 56.4 Å². The summed E-state index contributed by atoms with van der Waals surface area (Å²) in [6.45, 7) is 16.4. The molecule has 5 rings (SSSR count). The molecule has 2 aromatic carbocycles. The third-order valence-corrected chi connectivity index (χ3v) is 14.8. The van der Waals surface area contributed by atoms with Gasteiger partial charge in [-0.2, -0.15) is 0 Å². The van der Waals surface area contributed by atoms with Crippen molar-refractivity contribution in [1.29, 1.82) is 0 Å². The molecule has 0 radical (unpaired) electrons. The zero-order chi connectivity index (χ0) is 50.5. The van der Waals surface area contributed by atoms with E-state index in [1.54, 1.807) is 52.5 Å². The van der Waals surface area contributed by atoms with Crippen LogP contribution in [-0.2, 0) is 37.2 Å². The number of fused-ring (bicyclic) bond motifs is 1. The van der Waals surface area contributed by atoms with Crippen molar-refractivity contribution in [3.8, 4) is 23.0 Å². The monoisotopic (exact) mass is 1010 g/mol. The molecule has 0 saturated heterocycles. The molecule has 4 unspecified atom stereocenters. The predicted octanol–water partition coefficient (Wildman–Crippen LogP) is 7.25. The summed E-state index contributed by atoms with van der Waals surface area (Å²) in [6.07, 6.45) is 1.58. The highest BCUT2D eigenvalue weighted by molar-refractivity contribution is 7.93. The number of rotatable bonds is 25. The minimum absolute atomic E-state index is 0.00829. The molecule has 0 fully saturated rings. The molecule has 4 atom stereocenters. The van der Waals surface area contributed by atoms with Crippen LogP contribution < -0.4 is 40.5 Å². The van der Waals surface area contributed by atoms with Gasteiger partial charge in [0.2, 0.25) is 18.6 Å². The summed E-state index contributed by atoms with van der Waals surface area (Å²) in [5.41, 5.74) is 14.1. The van der Waals surface area contributed by atoms with Crippen molar-refractivity contribution in [3.63, 3.8) is 0 Å². The van der Waals surface area contributed by atoms with Gasteiger partial charge in [-0.3, -0.25) is 14.4 Å². The van der Waals surface area contributed by atoms with Crippen LogP contribution >= 0.6 is 22.9 Å². The van der Waals surface area contributed by atoms with E-state index in [0.29, 0.717) is 54.2 Å². The normalized spacial score (nSPS) is 14.2. The van der Waals surface area contributed by atoms with E-state index >= 15 is 0 Å². The summed E-state index contributed by atoms with van der Waals surface area (Å²) >= 11 is 7.03. The Morgan fingerprint density at radius 1 is 0.985 bits per heavy atom. The molecular formula is C48H68ClN5O12S2. The number of aliphatic hydroxyl groups is 1. The first kappa shape index (κ1) is 55.7. The number of aryl methyl sites for hydroxylation is 2. The quantitative estimate of drug-likeness (QED) is 0.0324. The molecule has 0 spiro atoms. The van der Waals surface area contributed by atoms with Crippen LogP contribution in [0.1, 0.15) is 92.9 Å². The molecule has 0 saturated carbocycles. The molecular weight excluding hydrogens is 938 g/mol. The SMILES string of the molecule is COCCCOc1cc(CC(CC(N)C(O)CC(C(=O)NCC(C)(C)C(N)=O)C(C)C)C(C)C)ccc1OC.Cc1cc2c(cc1CC(=O)c1sccc1S(=O)(=O)Nc1onc(C)c1Cl)OCO2. The van der Waals surface area contributed by atoms with Gasteiger partial charge < -0.3 is 50.1 Å². The molecule has 1 aliphatic rings. The number of aromatic nitrogens is 1. The largest absolute Gasteiger partial charge is 0.493 e. The van der Waals surface area contributed by atoms with Gasteiger partial charge in [0.05, 0.1) is 30.1 Å². The van der Waals surface area contributed by atoms with Crippen LogP contribution in [0.4, 0.5) is 5.88 Å². The summed E-state index contributed by atoms with van der Waals surface area (Å²) < 4.78 is 59.9. The van der Waals surface area contributed by atoms with Gasteiger partial charge in [0, 0.05) is 45.1 Å². The van der Waals surface area contributed by atoms with Crippen LogP contribution in [0.3, 0.4) is 0 Å². The molecule has 376 valence electrons. The molecule has 68 heavy (non-hydrogen) atoms. The Kier molecular flexibility index (Phi) is 20.5. The predicted molar refractivity (Wildman–Crippen MR) is 261 cm³/mol. The Hall–Kier alpha value is -4.92. The number of thiophene rings is 1. The average molecular weight is 1010 g/mol. The molecule has 2 aromatic heterocycles. The Labute approximate surface area is 408 Å². The van der Waals surface area contributed by atoms with Crippen LogP contribution in [0.15, 0.2) is 51.2 Å². The molecule has 7 N–H and O–H groups in total. The van der Waals surface area contributed by atoms with E-state index in [0.717, 1.165) is 40.9 Å². The lowest BCUT2D eigenvalue weighted by atomic mass is 9.80. The van der Waals surface area contributed by atoms with Crippen LogP contribution in [0.2, 0.25) is 5.02 Å². The number of primary amides is 1. The Morgan fingerprint density at radius 3 is 2.28 bits per heavy atom. The molecule has 0 bridgehead atoms. The van der Waals surface area contributed by atoms with E-state index in [4.69, 9.17) is 51.3 Å². The third-order valence-electron chi connectivity index (χ3n) is 11.9. The highest BCUT2D eigenvalue weighted by atomic mass is 35.5. The third kappa shape index (κ3) is 15.3. The molecule has 20 heteroatoms. The number of aliphatic hydroxyl groups excluding tert-OH is 1. The number of nitrogens with two attached hydrogens (primary N) is 2. The van der Waals surface area contributed by atoms with E-state index in [9.17, 15) is 27.9 Å². The lowest BCUT2D eigenvalue weighted by Crippen LogP contribution is -2.46. The van der Waals surface area contributed by atoms with E-state index < -0.39 is 39.4 Å². The molecule has 0 aliphatic carbocycles. The zero-order valence-corrected chi connectivity index (χ0v) is 43.0. The topological polar surface area (TPSA) is 254 Å². The lowest BCUT2D eigenvalue weighted by Gasteiger charge is -2.30. The van der Waals surface area contributed by atoms with Crippen molar-refractivity contribution < 1.29 is 56.1 Å². The standard InChI is InChI=1S/C30H53N3O6.C18H15ClN2O6S2/c1-19(2)22(14-21-10-11-26(38-8)27(15-21)39-13-9-12-37-7)16-24(31)25(34)17-23(20(3)4)28(35)33-18-30(5,6)29(32)36;1-9-5-13-14(26-8-25-13)7-11(9)6-12(22)17-15(3-4-28-17)29(23,24)21-18-16(19)10(2)20-27-18/h10-11,15,19-20,22-25,34H,9,12-14,16-18,31H2,1-8H3,(H2,32,36)(H,33,35);3-5,7,21H,6,8H2,1-2H3. The smallest absolute Gasteiger partial charge is 0.265 e. The first-order valence-electron chi connectivity index (χ1n) is 22.4. The fourth-order valence-corrected chi connectivity index (χ4v) is 9.79. The number of carbonyl (C=O) groups excluding carboxylic acids is 3. The number of hydrogen-bond acceptors (Lipinski definition) is 15. The van der Waals surface area contributed by atoms with Crippen LogP contribution in [-0.4, -0.2) is 89.2 Å². The fourth-order valence-electron chi connectivity index (χ4n) is 7.23. The number of nitrogens with one attached hydrogen (secondary N) is 2. The van der Waals surface area contributed by atoms with Gasteiger partial charge in [-0.1, -0.05) is 50.5 Å². The second-order valence-electron chi connectivity index (χ2n) is 18.3. The van der Waals surface area contributed by atoms with Crippen molar-refractivity contribution in [2.24, 2.45) is 40.6 Å². The first-order valence-corrected chi connectivity index (χ1v) is 25.2. The van der Waals surface area contributed by atoms with Crippen molar-refractivity contribution in [3.05, 3.63) is 74.1 Å². The zero-order valence-electron chi connectivity index (χ0n) is 40.6. The number of hydrogen-bond donors (Lipinski definition) is 5. The Balaban J connectivity index is 0.000000307. The van der Waals surface area contributed by atoms with E-state index in [1.165, 1.54) is 6.07 Å². The molecule has 2 amide bonds. The van der Waals surface area contributed by atoms with Gasteiger partial charge in [-0.05, 0) is 117 Å². The van der Waals surface area contributed by atoms with Crippen molar-refractivity contribution in [1.82, 2.24) is 10.5 Å². The number of halogens is 1. The number of carbonyl (C=O) groups is 3. The minimum Gasteiger partial charge on any atom is -0.493 e. The number of Topliss-reactive ketones (excluding diaryl/α,β-unsaturated/α-hetero) is 1. The average Bonchev–Trinajstić information content (AvgIpc) is 4.04. The second-order valence-corrected chi connectivity index (χ2v) is 21.2. The number of sulfonamides is 1. The number of ether oxygens (including phenoxy) is 5. The summed E-state index contributed by atoms with van der Waals surface area (Å²) in [4.78, 5) is 37.4. The molecule has 3 heterocycles. The van der Waals surface area contributed by atoms with Gasteiger partial charge in [-0.25, -0.2) is 13.1 Å². The second kappa shape index (κ2) is 25.1. The summed E-state index contributed by atoms with van der Waals surface area (Å²) in [6, 6.07) is 10.4.